The highest BCUT2D eigenvalue weighted by Crippen LogP contribution is 2.16. The third kappa shape index (κ3) is 3.95. The Morgan fingerprint density at radius 2 is 1.55 bits per heavy atom. The lowest BCUT2D eigenvalue weighted by Crippen LogP contribution is -2.29. The number of aromatic nitrogens is 3. The highest BCUT2D eigenvalue weighted by molar-refractivity contribution is 5.45. The van der Waals surface area contributed by atoms with E-state index in [2.05, 4.69) is 45.1 Å². The fourth-order valence-electron chi connectivity index (χ4n) is 1.84. The van der Waals surface area contributed by atoms with Crippen molar-refractivity contribution in [2.75, 3.05) is 48.3 Å². The number of hydrogen-bond acceptors (Lipinski definition) is 7. The standard InChI is InChI=1S/C13H23N7/c1-5-19(6-2)12-16-11(15-4)17-13(18-12)20(7-3)10-8-9-14/h5-8,10H2,1-4H3,(H,15,16,17,18). The molecule has 1 rings (SSSR count). The smallest absolute Gasteiger partial charge is 0.231 e. The molecule has 0 fully saturated rings. The molecule has 0 saturated carbocycles. The third-order valence-electron chi connectivity index (χ3n) is 3.04. The summed E-state index contributed by atoms with van der Waals surface area (Å²) < 4.78 is 0. The van der Waals surface area contributed by atoms with Gasteiger partial charge in [0, 0.05) is 33.2 Å². The van der Waals surface area contributed by atoms with Crippen molar-refractivity contribution < 1.29 is 0 Å². The van der Waals surface area contributed by atoms with Crippen LogP contribution in [0.3, 0.4) is 0 Å². The van der Waals surface area contributed by atoms with Gasteiger partial charge in [0.05, 0.1) is 12.5 Å². The largest absolute Gasteiger partial charge is 0.357 e. The summed E-state index contributed by atoms with van der Waals surface area (Å²) in [5.74, 6) is 1.83. The van der Waals surface area contributed by atoms with Crippen LogP contribution >= 0.6 is 0 Å². The Kier molecular flexibility index (Phi) is 6.50. The second-order valence-electron chi connectivity index (χ2n) is 4.17. The molecule has 7 nitrogen and oxygen atoms in total. The van der Waals surface area contributed by atoms with Crippen molar-refractivity contribution in [1.82, 2.24) is 15.0 Å². The average Bonchev–Trinajstić information content (AvgIpc) is 2.49. The quantitative estimate of drug-likeness (QED) is 0.771. The number of nitrogens with one attached hydrogen (secondary N) is 1. The first-order chi connectivity index (χ1) is 9.69. The van der Waals surface area contributed by atoms with Gasteiger partial charge >= 0.3 is 0 Å². The molecule has 0 aromatic carbocycles. The van der Waals surface area contributed by atoms with Gasteiger partial charge in [0.15, 0.2) is 0 Å². The average molecular weight is 277 g/mol. The predicted octanol–water partition coefficient (Wildman–Crippen LogP) is 1.50. The molecule has 0 aliphatic heterocycles. The van der Waals surface area contributed by atoms with E-state index in [1.807, 2.05) is 11.8 Å². The topological polar surface area (TPSA) is 81.0 Å². The first-order valence-electron chi connectivity index (χ1n) is 7.00. The van der Waals surface area contributed by atoms with Crippen molar-refractivity contribution in [2.45, 2.75) is 27.2 Å². The lowest BCUT2D eigenvalue weighted by molar-refractivity contribution is 0.764. The second kappa shape index (κ2) is 8.15. The minimum Gasteiger partial charge on any atom is -0.357 e. The maximum absolute atomic E-state index is 8.73. The number of nitrogens with zero attached hydrogens (tertiary/aromatic N) is 6. The summed E-state index contributed by atoms with van der Waals surface area (Å²) in [7, 11) is 1.79. The zero-order chi connectivity index (χ0) is 15.0. The van der Waals surface area contributed by atoms with Crippen LogP contribution in [0.25, 0.3) is 0 Å². The van der Waals surface area contributed by atoms with Gasteiger partial charge in [-0.3, -0.25) is 0 Å². The summed E-state index contributed by atoms with van der Waals surface area (Å²) in [5, 5.41) is 11.7. The minimum atomic E-state index is 0.453. The maximum atomic E-state index is 8.73. The maximum Gasteiger partial charge on any atom is 0.231 e. The Balaban J connectivity index is 3.11. The van der Waals surface area contributed by atoms with E-state index in [1.165, 1.54) is 0 Å². The summed E-state index contributed by atoms with van der Waals surface area (Å²) in [6.07, 6.45) is 0.453. The van der Waals surface area contributed by atoms with Crippen LogP contribution in [0.15, 0.2) is 0 Å². The molecule has 1 N–H and O–H groups in total. The summed E-state index contributed by atoms with van der Waals surface area (Å²) in [6.45, 7) is 9.22. The molecule has 1 aromatic rings. The van der Waals surface area contributed by atoms with Crippen molar-refractivity contribution in [3.63, 3.8) is 0 Å². The Labute approximate surface area is 120 Å². The summed E-state index contributed by atoms with van der Waals surface area (Å²) in [4.78, 5) is 17.4. The monoisotopic (exact) mass is 277 g/mol. The van der Waals surface area contributed by atoms with Gasteiger partial charge < -0.3 is 15.1 Å². The van der Waals surface area contributed by atoms with Crippen molar-refractivity contribution in [2.24, 2.45) is 0 Å². The van der Waals surface area contributed by atoms with Crippen LogP contribution in [0.5, 0.6) is 0 Å². The van der Waals surface area contributed by atoms with E-state index < -0.39 is 0 Å². The van der Waals surface area contributed by atoms with Crippen LogP contribution in [0, 0.1) is 11.3 Å². The van der Waals surface area contributed by atoms with E-state index in [4.69, 9.17) is 5.26 Å². The molecule has 7 heteroatoms. The molecule has 0 bridgehead atoms. The molecule has 1 heterocycles. The zero-order valence-electron chi connectivity index (χ0n) is 12.7. The molecule has 20 heavy (non-hydrogen) atoms. The molecule has 0 radical (unpaired) electrons. The molecule has 0 amide bonds. The van der Waals surface area contributed by atoms with Gasteiger partial charge in [0.25, 0.3) is 0 Å². The van der Waals surface area contributed by atoms with Gasteiger partial charge in [-0.15, -0.1) is 0 Å². The van der Waals surface area contributed by atoms with Crippen LogP contribution in [0.2, 0.25) is 0 Å². The Hall–Kier alpha value is -2.10. The van der Waals surface area contributed by atoms with E-state index in [-0.39, 0.29) is 0 Å². The van der Waals surface area contributed by atoms with E-state index in [0.717, 1.165) is 19.6 Å². The molecule has 1 aromatic heterocycles. The molecule has 0 atom stereocenters. The zero-order valence-corrected chi connectivity index (χ0v) is 12.7. The van der Waals surface area contributed by atoms with Gasteiger partial charge in [-0.2, -0.15) is 20.2 Å². The molecular weight excluding hydrogens is 254 g/mol. The summed E-state index contributed by atoms with van der Waals surface area (Å²) in [5.41, 5.74) is 0. The van der Waals surface area contributed by atoms with Crippen molar-refractivity contribution in [1.29, 1.82) is 5.26 Å². The van der Waals surface area contributed by atoms with Crippen molar-refractivity contribution >= 4 is 17.8 Å². The van der Waals surface area contributed by atoms with Crippen LogP contribution in [-0.2, 0) is 0 Å². The highest BCUT2D eigenvalue weighted by atomic mass is 15.4. The first kappa shape index (κ1) is 16.0. The highest BCUT2D eigenvalue weighted by Gasteiger charge is 2.14. The molecule has 0 unspecified atom stereocenters. The first-order valence-corrected chi connectivity index (χ1v) is 7.00. The number of anilines is 3. The molecule has 110 valence electrons. The van der Waals surface area contributed by atoms with Gasteiger partial charge in [-0.1, -0.05) is 0 Å². The fourth-order valence-corrected chi connectivity index (χ4v) is 1.84. The van der Waals surface area contributed by atoms with Crippen molar-refractivity contribution in [3.05, 3.63) is 0 Å². The fraction of sp³-hybridized carbons (Fsp3) is 0.692. The van der Waals surface area contributed by atoms with E-state index in [9.17, 15) is 0 Å². The second-order valence-corrected chi connectivity index (χ2v) is 4.17. The minimum absolute atomic E-state index is 0.453. The van der Waals surface area contributed by atoms with Crippen LogP contribution in [0.1, 0.15) is 27.2 Å². The van der Waals surface area contributed by atoms with Gasteiger partial charge in [-0.25, -0.2) is 0 Å². The SMILES string of the molecule is CCN(CC)c1nc(NC)nc(N(CC)CCC#N)n1. The summed E-state index contributed by atoms with van der Waals surface area (Å²) in [6, 6.07) is 2.15. The number of rotatable bonds is 8. The van der Waals surface area contributed by atoms with Gasteiger partial charge in [0.1, 0.15) is 0 Å². The summed E-state index contributed by atoms with van der Waals surface area (Å²) >= 11 is 0. The predicted molar refractivity (Wildman–Crippen MR) is 81.1 cm³/mol. The van der Waals surface area contributed by atoms with Crippen molar-refractivity contribution in [3.8, 4) is 6.07 Å². The van der Waals surface area contributed by atoms with E-state index in [0.29, 0.717) is 30.8 Å². The molecule has 0 aliphatic carbocycles. The van der Waals surface area contributed by atoms with Gasteiger partial charge in [-0.05, 0) is 20.8 Å². The molecule has 0 spiro atoms. The Bertz CT molecular complexity index is 451. The lowest BCUT2D eigenvalue weighted by Gasteiger charge is -2.23. The normalized spacial score (nSPS) is 9.95. The van der Waals surface area contributed by atoms with Crippen LogP contribution < -0.4 is 15.1 Å². The van der Waals surface area contributed by atoms with Crippen LogP contribution in [-0.4, -0.2) is 48.2 Å². The van der Waals surface area contributed by atoms with Gasteiger partial charge in [0.2, 0.25) is 17.8 Å². The molecule has 0 saturated heterocycles. The lowest BCUT2D eigenvalue weighted by atomic mass is 10.4. The van der Waals surface area contributed by atoms with E-state index >= 15 is 0 Å². The van der Waals surface area contributed by atoms with Crippen LogP contribution in [0.4, 0.5) is 17.8 Å². The molecule has 0 aliphatic rings. The van der Waals surface area contributed by atoms with E-state index in [1.54, 1.807) is 7.05 Å². The Morgan fingerprint density at radius 3 is 2.00 bits per heavy atom. The number of hydrogen-bond donors (Lipinski definition) is 1. The number of nitriles is 1. The molecular formula is C13H23N7. The third-order valence-corrected chi connectivity index (χ3v) is 3.04. The Morgan fingerprint density at radius 1 is 1.00 bits per heavy atom.